The van der Waals surface area contributed by atoms with Gasteiger partial charge in [0.1, 0.15) is 0 Å². The largest absolute Gasteiger partial charge is 0.323 e. The van der Waals surface area contributed by atoms with Crippen LogP contribution in [0.1, 0.15) is 0 Å². The van der Waals surface area contributed by atoms with Crippen LogP contribution < -0.4 is 11.7 Å². The Balaban J connectivity index is 3.07. The summed E-state index contributed by atoms with van der Waals surface area (Å²) in [5, 5.41) is 6.14. The molecular formula is C2H6N4. The van der Waals surface area contributed by atoms with Crippen LogP contribution in [0.4, 0.5) is 0 Å². The first kappa shape index (κ1) is 4.94. The molecule has 0 fully saturated rings. The van der Waals surface area contributed by atoms with Gasteiger partial charge in [-0.05, 0) is 0 Å². The fraction of sp³-hybridized carbons (Fsp3) is 0. The summed E-state index contributed by atoms with van der Waals surface area (Å²) in [6.07, 6.45) is 2.58. The van der Waals surface area contributed by atoms with Gasteiger partial charge in [0.25, 0.3) is 0 Å². The van der Waals surface area contributed by atoms with Crippen LogP contribution in [0.25, 0.3) is 0 Å². The summed E-state index contributed by atoms with van der Waals surface area (Å²) < 4.78 is 0. The predicted molar refractivity (Wildman–Crippen MR) is 25.4 cm³/mol. The molecule has 0 unspecified atom stereocenters. The average Bonchev–Trinajstić information content (AvgIpc) is 1.61. The Morgan fingerprint density at radius 2 is 1.33 bits per heavy atom. The normalized spacial score (nSPS) is 11.3. The van der Waals surface area contributed by atoms with Crippen molar-refractivity contribution in [2.24, 2.45) is 21.9 Å². The van der Waals surface area contributed by atoms with Gasteiger partial charge in [-0.15, -0.1) is 0 Å². The lowest BCUT2D eigenvalue weighted by molar-refractivity contribution is 1.25. The van der Waals surface area contributed by atoms with Crippen molar-refractivity contribution < 1.29 is 0 Å². The monoisotopic (exact) mass is 86.1 g/mol. The second-order valence-corrected chi connectivity index (χ2v) is 0.596. The fourth-order valence-electron chi connectivity index (χ4n) is 0.0770. The third kappa shape index (κ3) is 2.94. The van der Waals surface area contributed by atoms with Gasteiger partial charge < -0.3 is 11.7 Å². The molecule has 4 heteroatoms. The second kappa shape index (κ2) is 3.94. The van der Waals surface area contributed by atoms with E-state index in [0.717, 1.165) is 0 Å². The zero-order chi connectivity index (χ0) is 4.83. The molecule has 0 atom stereocenters. The zero-order valence-corrected chi connectivity index (χ0v) is 3.20. The Bertz CT molecular complexity index is 53.9. The minimum Gasteiger partial charge on any atom is -0.323 e. The van der Waals surface area contributed by atoms with E-state index in [-0.39, 0.29) is 0 Å². The second-order valence-electron chi connectivity index (χ2n) is 0.596. The van der Waals surface area contributed by atoms with E-state index in [0.29, 0.717) is 0 Å². The standard InChI is InChI=1S/C2H6N4/c3-5-1-2-6-4/h1-2H,3-4H2/b5-1-,6-2-. The van der Waals surface area contributed by atoms with Gasteiger partial charge in [-0.25, -0.2) is 0 Å². The quantitative estimate of drug-likeness (QED) is 0.241. The summed E-state index contributed by atoms with van der Waals surface area (Å²) in [6, 6.07) is 0. The van der Waals surface area contributed by atoms with E-state index >= 15 is 0 Å². The minimum atomic E-state index is 1.29. The highest BCUT2D eigenvalue weighted by molar-refractivity contribution is 6.15. The summed E-state index contributed by atoms with van der Waals surface area (Å²) in [5.41, 5.74) is 0. The van der Waals surface area contributed by atoms with E-state index in [2.05, 4.69) is 21.9 Å². The average molecular weight is 86.1 g/mol. The highest BCUT2D eigenvalue weighted by atomic mass is 15.1. The van der Waals surface area contributed by atoms with Gasteiger partial charge in [-0.3, -0.25) is 0 Å². The van der Waals surface area contributed by atoms with Crippen molar-refractivity contribution in [1.82, 2.24) is 0 Å². The summed E-state index contributed by atoms with van der Waals surface area (Å²) in [6.45, 7) is 0. The molecule has 0 saturated heterocycles. The topological polar surface area (TPSA) is 76.8 Å². The lowest BCUT2D eigenvalue weighted by Crippen LogP contribution is -1.86. The fourth-order valence-corrected chi connectivity index (χ4v) is 0.0770. The number of nitrogens with two attached hydrogens (primary N) is 2. The van der Waals surface area contributed by atoms with Crippen molar-refractivity contribution in [2.45, 2.75) is 0 Å². The van der Waals surface area contributed by atoms with E-state index in [1.54, 1.807) is 0 Å². The molecular weight excluding hydrogens is 80.1 g/mol. The number of nitrogens with zero attached hydrogens (tertiary/aromatic N) is 2. The van der Waals surface area contributed by atoms with Crippen molar-refractivity contribution >= 4 is 12.4 Å². The summed E-state index contributed by atoms with van der Waals surface area (Å²) in [4.78, 5) is 0. The molecule has 0 aromatic carbocycles. The first-order valence-corrected chi connectivity index (χ1v) is 1.37. The van der Waals surface area contributed by atoms with E-state index in [9.17, 15) is 0 Å². The third-order valence-electron chi connectivity index (χ3n) is 0.239. The maximum absolute atomic E-state index is 4.64. The van der Waals surface area contributed by atoms with Gasteiger partial charge in [0, 0.05) is 0 Å². The lowest BCUT2D eigenvalue weighted by atomic mass is 10.8. The molecule has 6 heavy (non-hydrogen) atoms. The van der Waals surface area contributed by atoms with Crippen molar-refractivity contribution in [2.75, 3.05) is 0 Å². The molecule has 34 valence electrons. The highest BCUT2D eigenvalue weighted by Crippen LogP contribution is 1.37. The first-order chi connectivity index (χ1) is 2.91. The Labute approximate surface area is 35.5 Å². The Kier molecular flexibility index (Phi) is 3.24. The van der Waals surface area contributed by atoms with Crippen LogP contribution in [0.2, 0.25) is 0 Å². The van der Waals surface area contributed by atoms with Crippen molar-refractivity contribution in [3.05, 3.63) is 0 Å². The maximum Gasteiger partial charge on any atom is 0.0666 e. The minimum absolute atomic E-state index is 1.29. The van der Waals surface area contributed by atoms with Gasteiger partial charge in [0.15, 0.2) is 0 Å². The van der Waals surface area contributed by atoms with Gasteiger partial charge in [-0.2, -0.15) is 10.2 Å². The number of hydrazone groups is 2. The maximum atomic E-state index is 4.64. The van der Waals surface area contributed by atoms with Crippen LogP contribution in [0, 0.1) is 0 Å². The smallest absolute Gasteiger partial charge is 0.0666 e. The van der Waals surface area contributed by atoms with E-state index in [1.807, 2.05) is 0 Å². The number of hydrogen-bond acceptors (Lipinski definition) is 4. The molecule has 0 aromatic heterocycles. The van der Waals surface area contributed by atoms with Crippen molar-refractivity contribution in [3.63, 3.8) is 0 Å². The predicted octanol–water partition coefficient (Wildman–Crippen LogP) is -1.12. The van der Waals surface area contributed by atoms with Crippen molar-refractivity contribution in [3.8, 4) is 0 Å². The molecule has 0 aliphatic rings. The molecule has 0 aliphatic heterocycles. The van der Waals surface area contributed by atoms with E-state index in [1.165, 1.54) is 12.4 Å². The first-order valence-electron chi connectivity index (χ1n) is 1.37. The van der Waals surface area contributed by atoms with Crippen LogP contribution in [0.5, 0.6) is 0 Å². The summed E-state index contributed by atoms with van der Waals surface area (Å²) in [7, 11) is 0. The lowest BCUT2D eigenvalue weighted by Gasteiger charge is -1.65. The Hall–Kier alpha value is -1.06. The molecule has 0 rings (SSSR count). The highest BCUT2D eigenvalue weighted by Gasteiger charge is 1.51. The number of rotatable bonds is 1. The van der Waals surface area contributed by atoms with Gasteiger partial charge in [0.05, 0.1) is 12.4 Å². The van der Waals surface area contributed by atoms with Crippen LogP contribution in [-0.4, -0.2) is 12.4 Å². The Morgan fingerprint density at radius 1 is 1.00 bits per heavy atom. The van der Waals surface area contributed by atoms with E-state index < -0.39 is 0 Å². The van der Waals surface area contributed by atoms with Crippen LogP contribution in [-0.2, 0) is 0 Å². The summed E-state index contributed by atoms with van der Waals surface area (Å²) in [5.74, 6) is 9.27. The molecule has 0 aromatic rings. The van der Waals surface area contributed by atoms with Crippen LogP contribution in [0.3, 0.4) is 0 Å². The summed E-state index contributed by atoms with van der Waals surface area (Å²) >= 11 is 0. The molecule has 4 nitrogen and oxygen atoms in total. The Morgan fingerprint density at radius 3 is 1.50 bits per heavy atom. The molecule has 0 spiro atoms. The molecule has 0 saturated carbocycles. The van der Waals surface area contributed by atoms with E-state index in [4.69, 9.17) is 0 Å². The zero-order valence-electron chi connectivity index (χ0n) is 3.20. The van der Waals surface area contributed by atoms with Gasteiger partial charge >= 0.3 is 0 Å². The van der Waals surface area contributed by atoms with Crippen molar-refractivity contribution in [1.29, 1.82) is 0 Å². The molecule has 0 aliphatic carbocycles. The van der Waals surface area contributed by atoms with Crippen LogP contribution >= 0.6 is 0 Å². The molecule has 0 amide bonds. The molecule has 0 heterocycles. The van der Waals surface area contributed by atoms with Gasteiger partial charge in [-0.1, -0.05) is 0 Å². The third-order valence-corrected chi connectivity index (χ3v) is 0.239. The molecule has 0 radical (unpaired) electrons. The van der Waals surface area contributed by atoms with Gasteiger partial charge in [0.2, 0.25) is 0 Å². The number of hydrogen-bond donors (Lipinski definition) is 2. The SMILES string of the molecule is N/N=C\C=N/N. The molecule has 4 N–H and O–H groups in total. The van der Waals surface area contributed by atoms with Crippen LogP contribution in [0.15, 0.2) is 10.2 Å². The molecule has 0 bridgehead atoms.